The summed E-state index contributed by atoms with van der Waals surface area (Å²) in [6.45, 7) is 8.11. The van der Waals surface area contributed by atoms with Crippen LogP contribution < -0.4 is 10.1 Å². The van der Waals surface area contributed by atoms with Crippen molar-refractivity contribution in [3.8, 4) is 17.0 Å². The Kier molecular flexibility index (Phi) is 6.09. The lowest BCUT2D eigenvalue weighted by atomic mass is 10.2. The molecule has 3 rings (SSSR count). The van der Waals surface area contributed by atoms with Crippen molar-refractivity contribution in [3.63, 3.8) is 0 Å². The van der Waals surface area contributed by atoms with Crippen LogP contribution in [0.25, 0.3) is 11.3 Å². The third-order valence-corrected chi connectivity index (χ3v) is 4.79. The van der Waals surface area contributed by atoms with Gasteiger partial charge in [0.2, 0.25) is 0 Å². The summed E-state index contributed by atoms with van der Waals surface area (Å²) >= 11 is 1.68. The van der Waals surface area contributed by atoms with Gasteiger partial charge in [-0.25, -0.2) is 0 Å². The number of thiophene rings is 1. The van der Waals surface area contributed by atoms with Crippen molar-refractivity contribution < 1.29 is 4.74 Å². The number of rotatable bonds is 9. The lowest BCUT2D eigenvalue weighted by Crippen LogP contribution is -2.27. The Balaban J connectivity index is 1.52. The molecule has 0 amide bonds. The van der Waals surface area contributed by atoms with Gasteiger partial charge in [0.1, 0.15) is 12.4 Å². The van der Waals surface area contributed by atoms with Crippen molar-refractivity contribution in [1.82, 2.24) is 15.1 Å². The first-order chi connectivity index (χ1) is 12.3. The van der Waals surface area contributed by atoms with Gasteiger partial charge in [-0.2, -0.15) is 16.4 Å². The summed E-state index contributed by atoms with van der Waals surface area (Å²) in [4.78, 5) is 2.35. The van der Waals surface area contributed by atoms with Crippen LogP contribution in [-0.2, 0) is 0 Å². The quantitative estimate of drug-likeness (QED) is 0.588. The molecule has 3 aromatic rings. The van der Waals surface area contributed by atoms with Gasteiger partial charge in [0.25, 0.3) is 0 Å². The molecule has 2 heterocycles. The van der Waals surface area contributed by atoms with Crippen LogP contribution in [0.3, 0.4) is 0 Å². The van der Waals surface area contributed by atoms with Gasteiger partial charge >= 0.3 is 0 Å². The number of nitrogens with zero attached hydrogens (tertiary/aromatic N) is 2. The van der Waals surface area contributed by atoms with E-state index in [0.29, 0.717) is 6.61 Å². The summed E-state index contributed by atoms with van der Waals surface area (Å²) in [5, 5.41) is 14.8. The molecule has 0 aliphatic heterocycles. The zero-order valence-electron chi connectivity index (χ0n) is 14.7. The first-order valence-corrected chi connectivity index (χ1v) is 9.53. The summed E-state index contributed by atoms with van der Waals surface area (Å²) in [5.41, 5.74) is 3.15. The predicted octanol–water partition coefficient (Wildman–Crippen LogP) is 4.60. The molecule has 6 heteroatoms. The van der Waals surface area contributed by atoms with E-state index in [1.165, 1.54) is 0 Å². The van der Waals surface area contributed by atoms with Gasteiger partial charge in [0.15, 0.2) is 5.82 Å². The molecule has 25 heavy (non-hydrogen) atoms. The molecule has 0 bridgehead atoms. The first-order valence-electron chi connectivity index (χ1n) is 8.58. The molecule has 0 fully saturated rings. The molecule has 0 aliphatic carbocycles. The normalized spacial score (nSPS) is 11.0. The second kappa shape index (κ2) is 8.69. The maximum Gasteiger partial charge on any atom is 0.152 e. The molecule has 1 aromatic carbocycles. The predicted molar refractivity (Wildman–Crippen MR) is 105 cm³/mol. The average molecular weight is 356 g/mol. The van der Waals surface area contributed by atoms with E-state index in [1.54, 1.807) is 11.3 Å². The molecule has 0 unspecified atom stereocenters. The molecule has 2 N–H and O–H groups in total. The van der Waals surface area contributed by atoms with Crippen LogP contribution in [0.15, 0.2) is 47.2 Å². The zero-order chi connectivity index (χ0) is 17.5. The van der Waals surface area contributed by atoms with E-state index < -0.39 is 0 Å². The van der Waals surface area contributed by atoms with Gasteiger partial charge in [-0.15, -0.1) is 0 Å². The number of aromatic amines is 1. The van der Waals surface area contributed by atoms with E-state index >= 15 is 0 Å². The summed E-state index contributed by atoms with van der Waals surface area (Å²) in [6.07, 6.45) is 0. The van der Waals surface area contributed by atoms with Crippen LogP contribution in [0.4, 0.5) is 11.5 Å². The molecule has 132 valence electrons. The second-order valence-corrected chi connectivity index (χ2v) is 6.48. The molecule has 5 nitrogen and oxygen atoms in total. The van der Waals surface area contributed by atoms with Gasteiger partial charge in [-0.05, 0) is 48.8 Å². The van der Waals surface area contributed by atoms with Gasteiger partial charge in [-0.3, -0.25) is 5.10 Å². The number of nitrogens with one attached hydrogen (secondary N) is 2. The number of likely N-dealkylation sites (N-methyl/N-ethyl adjacent to an activating group) is 1. The minimum absolute atomic E-state index is 0.706. The molecule has 2 aromatic heterocycles. The third kappa shape index (κ3) is 4.84. The Morgan fingerprint density at radius 2 is 1.96 bits per heavy atom. The Labute approximate surface area is 152 Å². The molecule has 0 saturated carbocycles. The van der Waals surface area contributed by atoms with Crippen LogP contribution in [0.1, 0.15) is 13.8 Å². The summed E-state index contributed by atoms with van der Waals surface area (Å²) < 4.78 is 5.81. The van der Waals surface area contributed by atoms with E-state index in [2.05, 4.69) is 51.1 Å². The van der Waals surface area contributed by atoms with E-state index in [0.717, 1.165) is 48.1 Å². The number of hydrogen-bond donors (Lipinski definition) is 2. The average Bonchev–Trinajstić information content (AvgIpc) is 3.32. The fourth-order valence-corrected chi connectivity index (χ4v) is 3.22. The largest absolute Gasteiger partial charge is 0.492 e. The highest BCUT2D eigenvalue weighted by atomic mass is 32.1. The maximum atomic E-state index is 5.81. The fraction of sp³-hybridized carbons (Fsp3) is 0.316. The molecule has 0 aliphatic rings. The molecule has 0 atom stereocenters. The van der Waals surface area contributed by atoms with Crippen molar-refractivity contribution >= 4 is 22.8 Å². The number of H-pyrrole nitrogens is 1. The van der Waals surface area contributed by atoms with Crippen LogP contribution in [0.5, 0.6) is 5.75 Å². The molecule has 0 saturated heterocycles. The fourth-order valence-electron chi connectivity index (χ4n) is 2.57. The molecular formula is C19H24N4OS. The molecule has 0 radical (unpaired) electrons. The highest BCUT2D eigenvalue weighted by Crippen LogP contribution is 2.24. The number of aromatic nitrogens is 2. The van der Waals surface area contributed by atoms with Crippen LogP contribution >= 0.6 is 11.3 Å². The topological polar surface area (TPSA) is 53.2 Å². The van der Waals surface area contributed by atoms with E-state index in [-0.39, 0.29) is 0 Å². The van der Waals surface area contributed by atoms with E-state index in [4.69, 9.17) is 4.74 Å². The van der Waals surface area contributed by atoms with Gasteiger partial charge in [-0.1, -0.05) is 13.8 Å². The number of ether oxygens (including phenoxy) is 1. The maximum absolute atomic E-state index is 5.81. The SMILES string of the molecule is CCN(CC)CCOc1ccc(Nc2cc(-c3ccsc3)[nH]n2)cc1. The Morgan fingerprint density at radius 3 is 2.64 bits per heavy atom. The molecular weight excluding hydrogens is 332 g/mol. The van der Waals surface area contributed by atoms with Crippen molar-refractivity contribution in [2.75, 3.05) is 31.6 Å². The van der Waals surface area contributed by atoms with E-state index in [9.17, 15) is 0 Å². The molecule has 0 spiro atoms. The monoisotopic (exact) mass is 356 g/mol. The Morgan fingerprint density at radius 1 is 1.16 bits per heavy atom. The van der Waals surface area contributed by atoms with Crippen LogP contribution in [-0.4, -0.2) is 41.3 Å². The minimum atomic E-state index is 0.706. The standard InChI is InChI=1S/C19H24N4OS/c1-3-23(4-2)10-11-24-17-7-5-16(6-8-17)20-19-13-18(21-22-19)15-9-12-25-14-15/h5-9,12-14H,3-4,10-11H2,1-2H3,(H2,20,21,22). The Bertz CT molecular complexity index is 748. The van der Waals surface area contributed by atoms with Crippen molar-refractivity contribution in [2.24, 2.45) is 0 Å². The number of anilines is 2. The number of benzene rings is 1. The highest BCUT2D eigenvalue weighted by Gasteiger charge is 2.05. The minimum Gasteiger partial charge on any atom is -0.492 e. The summed E-state index contributed by atoms with van der Waals surface area (Å²) in [6, 6.07) is 12.1. The summed E-state index contributed by atoms with van der Waals surface area (Å²) in [7, 11) is 0. The van der Waals surface area contributed by atoms with Crippen molar-refractivity contribution in [2.45, 2.75) is 13.8 Å². The highest BCUT2D eigenvalue weighted by molar-refractivity contribution is 7.08. The van der Waals surface area contributed by atoms with Gasteiger partial charge < -0.3 is 15.0 Å². The summed E-state index contributed by atoms with van der Waals surface area (Å²) in [5.74, 6) is 1.69. The van der Waals surface area contributed by atoms with E-state index in [1.807, 2.05) is 30.3 Å². The van der Waals surface area contributed by atoms with Crippen molar-refractivity contribution in [3.05, 3.63) is 47.2 Å². The first kappa shape index (κ1) is 17.5. The lowest BCUT2D eigenvalue weighted by molar-refractivity contribution is 0.223. The van der Waals surface area contributed by atoms with Gasteiger partial charge in [0.05, 0.1) is 5.69 Å². The van der Waals surface area contributed by atoms with Crippen molar-refractivity contribution in [1.29, 1.82) is 0 Å². The Hall–Kier alpha value is -2.31. The lowest BCUT2D eigenvalue weighted by Gasteiger charge is -2.18. The second-order valence-electron chi connectivity index (χ2n) is 5.70. The smallest absolute Gasteiger partial charge is 0.152 e. The van der Waals surface area contributed by atoms with Gasteiger partial charge in [0, 0.05) is 29.2 Å². The zero-order valence-corrected chi connectivity index (χ0v) is 15.5. The van der Waals surface area contributed by atoms with Crippen LogP contribution in [0, 0.1) is 0 Å². The number of hydrogen-bond acceptors (Lipinski definition) is 5. The third-order valence-electron chi connectivity index (χ3n) is 4.11. The van der Waals surface area contributed by atoms with Crippen LogP contribution in [0.2, 0.25) is 0 Å².